The van der Waals surface area contributed by atoms with E-state index in [-0.39, 0.29) is 5.56 Å². The number of nitrogens with zero attached hydrogens (tertiary/aromatic N) is 3. The number of hydrogen-bond acceptors (Lipinski definition) is 5. The van der Waals surface area contributed by atoms with Crippen molar-refractivity contribution in [3.05, 3.63) is 70.0 Å². The van der Waals surface area contributed by atoms with Crippen LogP contribution >= 0.6 is 0 Å². The summed E-state index contributed by atoms with van der Waals surface area (Å²) in [6.45, 7) is 9.94. The molecule has 0 atom stereocenters. The molecule has 0 radical (unpaired) electrons. The maximum absolute atomic E-state index is 12.7. The molecule has 1 aromatic carbocycles. The molecule has 2 fully saturated rings. The molecule has 0 bridgehead atoms. The van der Waals surface area contributed by atoms with Crippen LogP contribution in [0.3, 0.4) is 0 Å². The highest BCUT2D eigenvalue weighted by molar-refractivity contribution is 6.05. The molecule has 0 amide bonds. The predicted molar refractivity (Wildman–Crippen MR) is 134 cm³/mol. The van der Waals surface area contributed by atoms with Crippen molar-refractivity contribution in [2.75, 3.05) is 44.3 Å². The number of rotatable bonds is 4. The summed E-state index contributed by atoms with van der Waals surface area (Å²) in [4.78, 5) is 25.6. The normalized spacial score (nSPS) is 18.7. The average Bonchev–Trinajstić information content (AvgIpc) is 2.99. The second-order valence-corrected chi connectivity index (χ2v) is 9.10. The van der Waals surface area contributed by atoms with Crippen LogP contribution in [0.2, 0.25) is 0 Å². The van der Waals surface area contributed by atoms with Crippen LogP contribution in [-0.2, 0) is 4.74 Å². The molecule has 3 aliphatic heterocycles. The minimum absolute atomic E-state index is 0.0866. The molecule has 4 aliphatic rings. The van der Waals surface area contributed by atoms with E-state index in [9.17, 15) is 4.79 Å². The quantitative estimate of drug-likeness (QED) is 0.612. The summed E-state index contributed by atoms with van der Waals surface area (Å²) in [6, 6.07) is 16.9. The number of aliphatic imine (C=N–C) groups is 1. The third-order valence-electron chi connectivity index (χ3n) is 7.02. The molecule has 5 rings (SSSR count). The summed E-state index contributed by atoms with van der Waals surface area (Å²) in [5.41, 5.74) is 6.29. The Bertz CT molecular complexity index is 1170. The Morgan fingerprint density at radius 1 is 1.03 bits per heavy atom. The average molecular weight is 445 g/mol. The van der Waals surface area contributed by atoms with Gasteiger partial charge in [0.1, 0.15) is 0 Å². The number of fused-ring (bicyclic) bond motifs is 1. The number of benzene rings is 1. The summed E-state index contributed by atoms with van der Waals surface area (Å²) in [5, 5.41) is 0. The molecular formula is C27H32N4O2. The molecule has 33 heavy (non-hydrogen) atoms. The van der Waals surface area contributed by atoms with Crippen LogP contribution in [0.1, 0.15) is 30.9 Å². The first-order valence-electron chi connectivity index (χ1n) is 11.9. The van der Waals surface area contributed by atoms with Gasteiger partial charge in [-0.15, -0.1) is 0 Å². The van der Waals surface area contributed by atoms with Crippen molar-refractivity contribution in [1.29, 1.82) is 0 Å². The molecule has 3 heterocycles. The highest BCUT2D eigenvalue weighted by Crippen LogP contribution is 2.30. The Morgan fingerprint density at radius 2 is 1.79 bits per heavy atom. The smallest absolute Gasteiger partial charge is 0.258 e. The number of aryl methyl sites for hydroxylation is 1. The molecule has 6 heteroatoms. The van der Waals surface area contributed by atoms with E-state index in [0.29, 0.717) is 11.6 Å². The Balaban J connectivity index is 1.36. The zero-order valence-electron chi connectivity index (χ0n) is 19.5. The maximum Gasteiger partial charge on any atom is 0.258 e. The second kappa shape index (κ2) is 9.49. The highest BCUT2D eigenvalue weighted by atomic mass is 16.5. The predicted octanol–water partition coefficient (Wildman–Crippen LogP) is 4.23. The van der Waals surface area contributed by atoms with Crippen molar-refractivity contribution in [2.24, 2.45) is 4.99 Å². The maximum atomic E-state index is 12.7. The van der Waals surface area contributed by atoms with E-state index < -0.39 is 0 Å². The van der Waals surface area contributed by atoms with Gasteiger partial charge in [-0.25, -0.2) is 0 Å². The minimum atomic E-state index is -0.0866. The molecule has 0 saturated carbocycles. The van der Waals surface area contributed by atoms with E-state index in [4.69, 9.17) is 9.73 Å². The monoisotopic (exact) mass is 444 g/mol. The van der Waals surface area contributed by atoms with Gasteiger partial charge in [-0.05, 0) is 50.5 Å². The van der Waals surface area contributed by atoms with E-state index >= 15 is 0 Å². The number of H-pyrrole nitrogens is 1. The van der Waals surface area contributed by atoms with Gasteiger partial charge in [-0.2, -0.15) is 0 Å². The van der Waals surface area contributed by atoms with E-state index in [1.807, 2.05) is 37.3 Å². The number of anilines is 1. The first kappa shape index (κ1) is 21.9. The van der Waals surface area contributed by atoms with E-state index in [0.717, 1.165) is 67.6 Å². The summed E-state index contributed by atoms with van der Waals surface area (Å²) in [6.07, 6.45) is 2.36. The van der Waals surface area contributed by atoms with Gasteiger partial charge in [0.15, 0.2) is 0 Å². The van der Waals surface area contributed by atoms with Crippen molar-refractivity contribution < 1.29 is 4.74 Å². The largest absolute Gasteiger partial charge is 0.379 e. The molecule has 0 unspecified atom stereocenters. The van der Waals surface area contributed by atoms with Gasteiger partial charge in [0.05, 0.1) is 30.2 Å². The standard InChI is InChI=1S/C27H32N4O2/c1-19-8-9-22(30-12-10-21(11-13-30)31-14-16-33-17-15-31)18-25(19)28-20(2)26-23-6-4-3-5-7-24(23)29-27(26)32/h3-9,18,21H,10-17H2,1-2H3,(H,29,32). The lowest BCUT2D eigenvalue weighted by Crippen LogP contribution is -2.49. The Labute approximate surface area is 195 Å². The Morgan fingerprint density at radius 3 is 2.58 bits per heavy atom. The van der Waals surface area contributed by atoms with Crippen LogP contribution in [0.5, 0.6) is 0 Å². The SMILES string of the molecule is CC(=Nc1cc(N2CCC(N3CCOCC3)CC2)ccc1C)c1c2cccccc-2[nH]c1=O. The molecule has 1 aliphatic carbocycles. The van der Waals surface area contributed by atoms with Gasteiger partial charge in [0.2, 0.25) is 0 Å². The Hall–Kier alpha value is -2.96. The van der Waals surface area contributed by atoms with E-state index in [2.05, 4.69) is 39.9 Å². The van der Waals surface area contributed by atoms with Crippen molar-refractivity contribution in [3.8, 4) is 11.3 Å². The van der Waals surface area contributed by atoms with Crippen molar-refractivity contribution in [2.45, 2.75) is 32.7 Å². The fraction of sp³-hybridized carbons (Fsp3) is 0.407. The molecule has 0 aromatic heterocycles. The number of aromatic amines is 1. The summed E-state index contributed by atoms with van der Waals surface area (Å²) >= 11 is 0. The molecule has 0 spiro atoms. The Kier molecular flexibility index (Phi) is 6.29. The number of morpholine rings is 1. The summed E-state index contributed by atoms with van der Waals surface area (Å²) in [7, 11) is 0. The number of hydrogen-bond donors (Lipinski definition) is 1. The van der Waals surface area contributed by atoms with Crippen LogP contribution in [0.4, 0.5) is 11.4 Å². The lowest BCUT2D eigenvalue weighted by atomic mass is 10.0. The van der Waals surface area contributed by atoms with Gasteiger partial charge in [0, 0.05) is 49.2 Å². The van der Waals surface area contributed by atoms with Crippen LogP contribution in [0, 0.1) is 6.92 Å². The second-order valence-electron chi connectivity index (χ2n) is 9.10. The molecule has 1 aromatic rings. The van der Waals surface area contributed by atoms with Crippen LogP contribution in [0.25, 0.3) is 11.3 Å². The van der Waals surface area contributed by atoms with E-state index in [1.165, 1.54) is 18.5 Å². The molecule has 1 N–H and O–H groups in total. The van der Waals surface area contributed by atoms with Crippen molar-refractivity contribution in [1.82, 2.24) is 9.88 Å². The fourth-order valence-corrected chi connectivity index (χ4v) is 5.12. The molecule has 2 saturated heterocycles. The minimum Gasteiger partial charge on any atom is -0.379 e. The third-order valence-corrected chi connectivity index (χ3v) is 7.02. The van der Waals surface area contributed by atoms with Crippen LogP contribution in [-0.4, -0.2) is 61.0 Å². The van der Waals surface area contributed by atoms with Gasteiger partial charge in [0.25, 0.3) is 5.56 Å². The number of ether oxygens (including phenoxy) is 1. The van der Waals surface area contributed by atoms with Gasteiger partial charge in [-0.3, -0.25) is 14.7 Å². The van der Waals surface area contributed by atoms with Crippen LogP contribution in [0.15, 0.2) is 58.3 Å². The van der Waals surface area contributed by atoms with Crippen molar-refractivity contribution >= 4 is 17.1 Å². The van der Waals surface area contributed by atoms with Crippen molar-refractivity contribution in [3.63, 3.8) is 0 Å². The van der Waals surface area contributed by atoms with Gasteiger partial charge < -0.3 is 14.6 Å². The highest BCUT2D eigenvalue weighted by Gasteiger charge is 2.26. The number of aromatic nitrogens is 1. The zero-order valence-corrected chi connectivity index (χ0v) is 19.5. The lowest BCUT2D eigenvalue weighted by Gasteiger charge is -2.40. The summed E-state index contributed by atoms with van der Waals surface area (Å²) in [5.74, 6) is 0. The van der Waals surface area contributed by atoms with Gasteiger partial charge in [-0.1, -0.05) is 30.3 Å². The first-order valence-corrected chi connectivity index (χ1v) is 11.9. The lowest BCUT2D eigenvalue weighted by molar-refractivity contribution is 0.0115. The fourth-order valence-electron chi connectivity index (χ4n) is 5.12. The van der Waals surface area contributed by atoms with E-state index in [1.54, 1.807) is 0 Å². The van der Waals surface area contributed by atoms with Gasteiger partial charge >= 0.3 is 0 Å². The summed E-state index contributed by atoms with van der Waals surface area (Å²) < 4.78 is 5.51. The topological polar surface area (TPSA) is 60.9 Å². The number of piperidine rings is 1. The van der Waals surface area contributed by atoms with Crippen LogP contribution < -0.4 is 10.5 Å². The first-order chi connectivity index (χ1) is 16.1. The molecule has 172 valence electrons. The third kappa shape index (κ3) is 4.59. The number of nitrogens with one attached hydrogen (secondary N) is 1. The molecule has 6 nitrogen and oxygen atoms in total. The molecular weight excluding hydrogens is 412 g/mol. The zero-order chi connectivity index (χ0) is 22.8.